The zero-order valence-electron chi connectivity index (χ0n) is 17.4. The quantitative estimate of drug-likeness (QED) is 0.201. The lowest BCUT2D eigenvalue weighted by molar-refractivity contribution is 0.0980. The predicted molar refractivity (Wildman–Crippen MR) is 123 cm³/mol. The highest BCUT2D eigenvalue weighted by molar-refractivity contribution is 7.86. The summed E-state index contributed by atoms with van der Waals surface area (Å²) in [6.45, 7) is 1.49. The van der Waals surface area contributed by atoms with E-state index in [1.54, 1.807) is 0 Å². The van der Waals surface area contributed by atoms with E-state index in [1.165, 1.54) is 31.2 Å². The first-order valence-electron chi connectivity index (χ1n) is 9.49. The van der Waals surface area contributed by atoms with E-state index in [2.05, 4.69) is 5.32 Å². The Morgan fingerprint density at radius 1 is 0.765 bits per heavy atom. The van der Waals surface area contributed by atoms with Crippen LogP contribution < -0.4 is 16.8 Å². The molecule has 0 atom stereocenters. The van der Waals surface area contributed by atoms with Gasteiger partial charge in [0.15, 0.2) is 11.6 Å². The van der Waals surface area contributed by atoms with Crippen molar-refractivity contribution in [2.24, 2.45) is 0 Å². The number of hydrogen-bond donors (Lipinski definition) is 5. The van der Waals surface area contributed by atoms with Gasteiger partial charge in [-0.2, -0.15) is 16.8 Å². The topological polar surface area (TPSA) is 207 Å². The number of benzene rings is 3. The molecule has 1 aliphatic carbocycles. The summed E-state index contributed by atoms with van der Waals surface area (Å²) in [6.07, 6.45) is 0. The van der Waals surface area contributed by atoms with Crippen LogP contribution in [0.15, 0.2) is 52.3 Å². The Morgan fingerprint density at radius 3 is 1.82 bits per heavy atom. The number of carbonyl (C=O) groups excluding carboxylic acids is 2. The molecule has 176 valence electrons. The molecule has 0 saturated heterocycles. The van der Waals surface area contributed by atoms with Crippen molar-refractivity contribution in [3.8, 4) is 0 Å². The van der Waals surface area contributed by atoms with Crippen LogP contribution in [-0.2, 0) is 20.2 Å². The van der Waals surface area contributed by atoms with Crippen molar-refractivity contribution in [3.05, 3.63) is 70.3 Å². The van der Waals surface area contributed by atoms with Crippen LogP contribution in [-0.4, -0.2) is 37.5 Å². The molecule has 0 unspecified atom stereocenters. The number of carbonyl (C=O) groups is 2. The van der Waals surface area contributed by atoms with Crippen LogP contribution in [0.5, 0.6) is 0 Å². The fraction of sp³-hybridized carbons (Fsp3) is 0.0476. The SMILES string of the molecule is Cc1cc(S(=O)(=O)O)c(Nc2cc(S(=O)(=O)O)c(N)c3c2C(=O)c2ccccc2C3=O)cc1N. The first-order chi connectivity index (χ1) is 15.7. The second-order valence-corrected chi connectivity index (χ2v) is 10.3. The predicted octanol–water partition coefficient (Wildman–Crippen LogP) is 2.17. The molecule has 0 fully saturated rings. The molecule has 34 heavy (non-hydrogen) atoms. The number of aryl methyl sites for hydroxylation is 1. The van der Waals surface area contributed by atoms with Crippen LogP contribution in [0.4, 0.5) is 22.7 Å². The number of ketones is 2. The Morgan fingerprint density at radius 2 is 1.29 bits per heavy atom. The van der Waals surface area contributed by atoms with Crippen molar-refractivity contribution in [1.29, 1.82) is 0 Å². The maximum absolute atomic E-state index is 13.3. The molecule has 0 aromatic heterocycles. The summed E-state index contributed by atoms with van der Waals surface area (Å²) in [5.41, 5.74) is 10.1. The van der Waals surface area contributed by atoms with Crippen LogP contribution in [0.25, 0.3) is 0 Å². The summed E-state index contributed by atoms with van der Waals surface area (Å²) in [4.78, 5) is 25.0. The van der Waals surface area contributed by atoms with Gasteiger partial charge in [0.2, 0.25) is 0 Å². The Labute approximate surface area is 193 Å². The van der Waals surface area contributed by atoms with Crippen LogP contribution >= 0.6 is 0 Å². The Kier molecular flexibility index (Phi) is 5.25. The van der Waals surface area contributed by atoms with E-state index in [9.17, 15) is 35.5 Å². The Bertz CT molecular complexity index is 1640. The molecule has 1 aliphatic rings. The minimum Gasteiger partial charge on any atom is -0.398 e. The number of nitrogens with one attached hydrogen (secondary N) is 1. The van der Waals surface area contributed by atoms with E-state index in [1.807, 2.05) is 0 Å². The van der Waals surface area contributed by atoms with Gasteiger partial charge in [0.1, 0.15) is 9.79 Å². The molecule has 4 rings (SSSR count). The molecular weight excluding hydrogens is 486 g/mol. The molecule has 0 heterocycles. The van der Waals surface area contributed by atoms with Crippen LogP contribution in [0, 0.1) is 6.92 Å². The minimum atomic E-state index is -4.97. The molecule has 13 heteroatoms. The lowest BCUT2D eigenvalue weighted by Crippen LogP contribution is -2.25. The molecule has 0 radical (unpaired) electrons. The van der Waals surface area contributed by atoms with E-state index in [-0.39, 0.29) is 33.8 Å². The van der Waals surface area contributed by atoms with Gasteiger partial charge < -0.3 is 16.8 Å². The summed E-state index contributed by atoms with van der Waals surface area (Å²) in [7, 11) is -9.77. The maximum atomic E-state index is 13.3. The van der Waals surface area contributed by atoms with Crippen LogP contribution in [0.3, 0.4) is 0 Å². The fourth-order valence-electron chi connectivity index (χ4n) is 3.76. The van der Waals surface area contributed by atoms with Crippen molar-refractivity contribution in [3.63, 3.8) is 0 Å². The molecular formula is C21H17N3O8S2. The van der Waals surface area contributed by atoms with Gasteiger partial charge in [0.25, 0.3) is 20.2 Å². The number of nitrogen functional groups attached to an aromatic ring is 2. The average Bonchev–Trinajstić information content (AvgIpc) is 2.73. The Balaban J connectivity index is 2.07. The highest BCUT2D eigenvalue weighted by Crippen LogP contribution is 2.41. The second-order valence-electron chi connectivity index (χ2n) is 7.57. The second kappa shape index (κ2) is 7.63. The third kappa shape index (κ3) is 3.70. The minimum absolute atomic E-state index is 0.0143. The zero-order valence-corrected chi connectivity index (χ0v) is 19.0. The van der Waals surface area contributed by atoms with Crippen molar-refractivity contribution < 1.29 is 35.5 Å². The molecule has 7 N–H and O–H groups in total. The fourth-order valence-corrected chi connectivity index (χ4v) is 5.12. The largest absolute Gasteiger partial charge is 0.398 e. The molecule has 0 spiro atoms. The summed E-state index contributed by atoms with van der Waals surface area (Å²) < 4.78 is 67.3. The number of rotatable bonds is 4. The van der Waals surface area contributed by atoms with Gasteiger partial charge in [-0.1, -0.05) is 24.3 Å². The van der Waals surface area contributed by atoms with Gasteiger partial charge in [0.05, 0.1) is 28.2 Å². The van der Waals surface area contributed by atoms with E-state index in [0.717, 1.165) is 18.2 Å². The summed E-state index contributed by atoms with van der Waals surface area (Å²) >= 11 is 0. The molecule has 3 aromatic rings. The first-order valence-corrected chi connectivity index (χ1v) is 12.4. The maximum Gasteiger partial charge on any atom is 0.296 e. The van der Waals surface area contributed by atoms with E-state index in [4.69, 9.17) is 11.5 Å². The zero-order chi connectivity index (χ0) is 25.2. The van der Waals surface area contributed by atoms with Crippen molar-refractivity contribution in [2.45, 2.75) is 16.7 Å². The Hall–Kier alpha value is -3.78. The molecule has 0 aliphatic heterocycles. The lowest BCUT2D eigenvalue weighted by Gasteiger charge is -2.24. The molecule has 11 nitrogen and oxygen atoms in total. The van der Waals surface area contributed by atoms with Gasteiger partial charge >= 0.3 is 0 Å². The van der Waals surface area contributed by atoms with Crippen molar-refractivity contribution in [1.82, 2.24) is 0 Å². The van der Waals surface area contributed by atoms with Gasteiger partial charge in [-0.05, 0) is 30.7 Å². The highest BCUT2D eigenvalue weighted by atomic mass is 32.2. The number of anilines is 4. The lowest BCUT2D eigenvalue weighted by atomic mass is 9.82. The molecule has 0 amide bonds. The summed E-state index contributed by atoms with van der Waals surface area (Å²) in [5.74, 6) is -1.47. The standard InChI is InChI=1S/C21H17N3O8S2/c1-9-6-15(33(27,28)29)13(7-12(9)22)24-14-8-16(34(30,31)32)19(23)18-17(14)20(25)10-4-2-3-5-11(10)21(18)26/h2-8,24H,22-23H2,1H3,(H,27,28,29)(H,30,31,32). The normalized spacial score (nSPS) is 13.4. The van der Waals surface area contributed by atoms with Gasteiger partial charge in [0, 0.05) is 16.8 Å². The monoisotopic (exact) mass is 503 g/mol. The third-order valence-corrected chi connectivity index (χ3v) is 7.18. The van der Waals surface area contributed by atoms with E-state index < -0.39 is 52.8 Å². The average molecular weight is 504 g/mol. The molecule has 0 saturated carbocycles. The van der Waals surface area contributed by atoms with Crippen LogP contribution in [0.2, 0.25) is 0 Å². The van der Waals surface area contributed by atoms with Crippen molar-refractivity contribution >= 4 is 54.6 Å². The highest BCUT2D eigenvalue weighted by Gasteiger charge is 2.36. The molecule has 3 aromatic carbocycles. The molecule has 0 bridgehead atoms. The number of nitrogens with two attached hydrogens (primary N) is 2. The van der Waals surface area contributed by atoms with Crippen LogP contribution in [0.1, 0.15) is 37.4 Å². The number of hydrogen-bond acceptors (Lipinski definition) is 9. The first kappa shape index (κ1) is 23.4. The summed E-state index contributed by atoms with van der Waals surface area (Å²) in [6, 6.07) is 8.80. The smallest absolute Gasteiger partial charge is 0.296 e. The number of fused-ring (bicyclic) bond motifs is 2. The van der Waals surface area contributed by atoms with Gasteiger partial charge in [-0.3, -0.25) is 18.7 Å². The van der Waals surface area contributed by atoms with Gasteiger partial charge in [-0.15, -0.1) is 0 Å². The third-order valence-electron chi connectivity index (χ3n) is 5.39. The van der Waals surface area contributed by atoms with E-state index in [0.29, 0.717) is 5.56 Å². The van der Waals surface area contributed by atoms with E-state index >= 15 is 0 Å². The summed E-state index contributed by atoms with van der Waals surface area (Å²) in [5, 5.41) is 2.57. The van der Waals surface area contributed by atoms with Gasteiger partial charge in [-0.25, -0.2) is 0 Å². The van der Waals surface area contributed by atoms with Crippen molar-refractivity contribution in [2.75, 3.05) is 16.8 Å².